The highest BCUT2D eigenvalue weighted by Crippen LogP contribution is 2.15. The van der Waals surface area contributed by atoms with Crippen molar-refractivity contribution in [3.8, 4) is 0 Å². The summed E-state index contributed by atoms with van der Waals surface area (Å²) in [5, 5.41) is 15.1. The van der Waals surface area contributed by atoms with Gasteiger partial charge in [-0.05, 0) is 24.3 Å². The summed E-state index contributed by atoms with van der Waals surface area (Å²) < 4.78 is 12.8. The van der Waals surface area contributed by atoms with Crippen molar-refractivity contribution in [1.29, 1.82) is 0 Å². The second-order valence-electron chi connectivity index (χ2n) is 5.19. The van der Waals surface area contributed by atoms with Crippen molar-refractivity contribution in [1.82, 2.24) is 20.8 Å². The first-order chi connectivity index (χ1) is 11.1. The number of carbonyl (C=O) groups is 2. The molecule has 23 heavy (non-hydrogen) atoms. The Labute approximate surface area is 131 Å². The molecule has 8 heteroatoms. The molecule has 0 aliphatic carbocycles. The molecule has 120 valence electrons. The molecule has 0 saturated carbocycles. The number of aromatic amines is 1. The van der Waals surface area contributed by atoms with Crippen LogP contribution in [0.5, 0.6) is 0 Å². The van der Waals surface area contributed by atoms with Crippen LogP contribution in [0.15, 0.2) is 24.3 Å². The summed E-state index contributed by atoms with van der Waals surface area (Å²) in [6.07, 6.45) is 0.792. The van der Waals surface area contributed by atoms with Gasteiger partial charge < -0.3 is 16.0 Å². The molecular formula is C15H16FN5O2. The Kier molecular flexibility index (Phi) is 4.33. The van der Waals surface area contributed by atoms with Crippen molar-refractivity contribution in [2.45, 2.75) is 13.0 Å². The minimum absolute atomic E-state index is 0.189. The van der Waals surface area contributed by atoms with Crippen LogP contribution in [0.25, 0.3) is 0 Å². The Bertz CT molecular complexity index is 726. The number of nitrogens with zero attached hydrogens (tertiary/aromatic N) is 1. The van der Waals surface area contributed by atoms with Gasteiger partial charge in [0.15, 0.2) is 5.69 Å². The van der Waals surface area contributed by atoms with Gasteiger partial charge in [-0.25, -0.2) is 4.39 Å². The van der Waals surface area contributed by atoms with Crippen LogP contribution in [0, 0.1) is 5.82 Å². The molecular weight excluding hydrogens is 301 g/mol. The van der Waals surface area contributed by atoms with E-state index in [0.29, 0.717) is 17.9 Å². The predicted molar refractivity (Wildman–Crippen MR) is 81.4 cm³/mol. The quantitative estimate of drug-likeness (QED) is 0.662. The first kappa shape index (κ1) is 15.2. The molecule has 2 amide bonds. The molecule has 1 aromatic carbocycles. The van der Waals surface area contributed by atoms with E-state index in [4.69, 9.17) is 0 Å². The van der Waals surface area contributed by atoms with E-state index >= 15 is 0 Å². The highest BCUT2D eigenvalue weighted by molar-refractivity contribution is 5.99. The number of carbonyl (C=O) groups excluding carboxylic acids is 2. The Morgan fingerprint density at radius 3 is 2.83 bits per heavy atom. The molecule has 0 bridgehead atoms. The number of anilines is 1. The molecule has 0 saturated heterocycles. The minimum atomic E-state index is -0.402. The van der Waals surface area contributed by atoms with Gasteiger partial charge in [-0.15, -0.1) is 0 Å². The van der Waals surface area contributed by atoms with E-state index in [2.05, 4.69) is 26.1 Å². The third kappa shape index (κ3) is 3.54. The van der Waals surface area contributed by atoms with Gasteiger partial charge in [0.25, 0.3) is 5.91 Å². The number of hydrogen-bond acceptors (Lipinski definition) is 4. The third-order valence-corrected chi connectivity index (χ3v) is 3.56. The molecule has 1 aromatic heterocycles. The average Bonchev–Trinajstić information content (AvgIpc) is 2.99. The molecule has 2 heterocycles. The summed E-state index contributed by atoms with van der Waals surface area (Å²) in [6, 6.07) is 5.39. The minimum Gasteiger partial charge on any atom is -0.342 e. The lowest BCUT2D eigenvalue weighted by Crippen LogP contribution is -2.34. The van der Waals surface area contributed by atoms with Crippen LogP contribution in [-0.4, -0.2) is 35.1 Å². The Morgan fingerprint density at radius 2 is 2.04 bits per heavy atom. The zero-order valence-electron chi connectivity index (χ0n) is 12.3. The van der Waals surface area contributed by atoms with Crippen molar-refractivity contribution in [3.63, 3.8) is 0 Å². The largest absolute Gasteiger partial charge is 0.342 e. The van der Waals surface area contributed by atoms with Crippen LogP contribution >= 0.6 is 0 Å². The molecule has 2 aromatic rings. The second-order valence-corrected chi connectivity index (χ2v) is 5.19. The third-order valence-electron chi connectivity index (χ3n) is 3.56. The first-order valence-electron chi connectivity index (χ1n) is 7.24. The summed E-state index contributed by atoms with van der Waals surface area (Å²) in [5.74, 6) is -1.18. The van der Waals surface area contributed by atoms with E-state index in [1.165, 1.54) is 24.3 Å². The summed E-state index contributed by atoms with van der Waals surface area (Å²) in [4.78, 5) is 23.9. The van der Waals surface area contributed by atoms with Gasteiger partial charge in [-0.3, -0.25) is 14.7 Å². The summed E-state index contributed by atoms with van der Waals surface area (Å²) in [5.41, 5.74) is 2.56. The van der Waals surface area contributed by atoms with Crippen molar-refractivity contribution in [2.24, 2.45) is 0 Å². The number of hydrogen-bond donors (Lipinski definition) is 4. The van der Waals surface area contributed by atoms with Crippen molar-refractivity contribution < 1.29 is 14.0 Å². The first-order valence-corrected chi connectivity index (χ1v) is 7.24. The fourth-order valence-corrected chi connectivity index (χ4v) is 2.40. The summed E-state index contributed by atoms with van der Waals surface area (Å²) in [6.45, 7) is 1.23. The number of benzene rings is 1. The van der Waals surface area contributed by atoms with Crippen LogP contribution in [0.4, 0.5) is 10.1 Å². The zero-order valence-corrected chi connectivity index (χ0v) is 12.3. The molecule has 0 spiro atoms. The van der Waals surface area contributed by atoms with Gasteiger partial charge in [-0.2, -0.15) is 5.10 Å². The molecule has 1 aliphatic heterocycles. The zero-order chi connectivity index (χ0) is 16.2. The summed E-state index contributed by atoms with van der Waals surface area (Å²) in [7, 11) is 0. The number of fused-ring (bicyclic) bond motifs is 1. The Morgan fingerprint density at radius 1 is 1.26 bits per heavy atom. The molecule has 1 aliphatic rings. The second kappa shape index (κ2) is 6.57. The van der Waals surface area contributed by atoms with Crippen molar-refractivity contribution >= 4 is 17.5 Å². The van der Waals surface area contributed by atoms with Crippen LogP contribution in [-0.2, 0) is 17.8 Å². The fourth-order valence-electron chi connectivity index (χ4n) is 2.40. The fraction of sp³-hybridized carbons (Fsp3) is 0.267. The molecule has 0 fully saturated rings. The normalized spacial score (nSPS) is 13.3. The molecule has 0 atom stereocenters. The van der Waals surface area contributed by atoms with E-state index in [9.17, 15) is 14.0 Å². The van der Waals surface area contributed by atoms with E-state index < -0.39 is 11.8 Å². The van der Waals surface area contributed by atoms with Gasteiger partial charge >= 0.3 is 0 Å². The van der Waals surface area contributed by atoms with Gasteiger partial charge in [0.2, 0.25) is 5.91 Å². The monoisotopic (exact) mass is 317 g/mol. The smallest absolute Gasteiger partial charge is 0.272 e. The molecule has 0 radical (unpaired) electrons. The number of H-pyrrole nitrogens is 1. The standard InChI is InChI=1S/C15H16FN5O2/c16-9-1-3-10(4-2-9)19-13(22)8-18-15(23)14-11-7-17-6-5-12(11)20-21-14/h1-4,17H,5-8H2,(H,18,23)(H,19,22)(H,20,21). The number of rotatable bonds is 4. The van der Waals surface area contributed by atoms with Crippen molar-refractivity contribution in [3.05, 3.63) is 47.0 Å². The van der Waals surface area contributed by atoms with E-state index in [1.54, 1.807) is 0 Å². The van der Waals surface area contributed by atoms with Crippen LogP contribution in [0.1, 0.15) is 21.7 Å². The molecule has 4 N–H and O–H groups in total. The number of nitrogens with one attached hydrogen (secondary N) is 4. The Balaban J connectivity index is 1.55. The van der Waals surface area contributed by atoms with Crippen LogP contribution < -0.4 is 16.0 Å². The lowest BCUT2D eigenvalue weighted by atomic mass is 10.1. The van der Waals surface area contributed by atoms with Gasteiger partial charge in [0, 0.05) is 36.5 Å². The average molecular weight is 317 g/mol. The maximum Gasteiger partial charge on any atom is 0.272 e. The predicted octanol–water partition coefficient (Wildman–Crippen LogP) is 0.563. The molecule has 3 rings (SSSR count). The van der Waals surface area contributed by atoms with E-state index in [-0.39, 0.29) is 12.4 Å². The van der Waals surface area contributed by atoms with Crippen molar-refractivity contribution in [2.75, 3.05) is 18.4 Å². The SMILES string of the molecule is O=C(CNC(=O)c1n[nH]c2c1CNCC2)Nc1ccc(F)cc1. The van der Waals surface area contributed by atoms with Gasteiger partial charge in [0.1, 0.15) is 5.82 Å². The highest BCUT2D eigenvalue weighted by Gasteiger charge is 2.21. The topological polar surface area (TPSA) is 98.9 Å². The maximum absolute atomic E-state index is 12.8. The lowest BCUT2D eigenvalue weighted by Gasteiger charge is -2.12. The van der Waals surface area contributed by atoms with E-state index in [0.717, 1.165) is 24.2 Å². The number of aromatic nitrogens is 2. The lowest BCUT2D eigenvalue weighted by molar-refractivity contribution is -0.115. The number of halogens is 1. The van der Waals surface area contributed by atoms with Crippen LogP contribution in [0.3, 0.4) is 0 Å². The molecule has 7 nitrogen and oxygen atoms in total. The Hall–Kier alpha value is -2.74. The molecule has 0 unspecified atom stereocenters. The van der Waals surface area contributed by atoms with Gasteiger partial charge in [0.05, 0.1) is 6.54 Å². The van der Waals surface area contributed by atoms with Crippen LogP contribution in [0.2, 0.25) is 0 Å². The van der Waals surface area contributed by atoms with E-state index in [1.807, 2.05) is 0 Å². The summed E-state index contributed by atoms with van der Waals surface area (Å²) >= 11 is 0. The number of amides is 2. The highest BCUT2D eigenvalue weighted by atomic mass is 19.1. The maximum atomic E-state index is 12.8. The van der Waals surface area contributed by atoms with Gasteiger partial charge in [-0.1, -0.05) is 0 Å².